The Morgan fingerprint density at radius 1 is 1.00 bits per heavy atom. The molecule has 122 valence electrons. The first kappa shape index (κ1) is 16.1. The lowest BCUT2D eigenvalue weighted by Crippen LogP contribution is -2.13. The van der Waals surface area contributed by atoms with E-state index >= 15 is 0 Å². The van der Waals surface area contributed by atoms with E-state index in [9.17, 15) is 4.39 Å². The molecule has 1 aromatic heterocycles. The van der Waals surface area contributed by atoms with Crippen molar-refractivity contribution in [2.45, 2.75) is 64.0 Å². The second-order valence-corrected chi connectivity index (χ2v) is 6.59. The second-order valence-electron chi connectivity index (χ2n) is 6.59. The van der Waals surface area contributed by atoms with Crippen LogP contribution >= 0.6 is 0 Å². The van der Waals surface area contributed by atoms with E-state index in [1.807, 2.05) is 12.4 Å². The van der Waals surface area contributed by atoms with Gasteiger partial charge in [-0.15, -0.1) is 0 Å². The molecule has 1 heterocycles. The van der Waals surface area contributed by atoms with E-state index < -0.39 is 6.17 Å². The summed E-state index contributed by atoms with van der Waals surface area (Å²) in [6.45, 7) is 2.19. The zero-order valence-electron chi connectivity index (χ0n) is 13.8. The quantitative estimate of drug-likeness (QED) is 0.730. The summed E-state index contributed by atoms with van der Waals surface area (Å²) in [7, 11) is 0. The van der Waals surface area contributed by atoms with Crippen LogP contribution in [0.4, 0.5) is 4.39 Å². The molecule has 1 fully saturated rings. The molecule has 0 amide bonds. The van der Waals surface area contributed by atoms with Crippen molar-refractivity contribution >= 4 is 0 Å². The molecule has 0 aliphatic heterocycles. The van der Waals surface area contributed by atoms with E-state index in [0.29, 0.717) is 18.8 Å². The first-order valence-corrected chi connectivity index (χ1v) is 8.81. The van der Waals surface area contributed by atoms with Gasteiger partial charge in [-0.05, 0) is 55.6 Å². The third-order valence-electron chi connectivity index (χ3n) is 4.82. The molecule has 0 saturated heterocycles. The molecule has 2 nitrogen and oxygen atoms in total. The van der Waals surface area contributed by atoms with Gasteiger partial charge in [-0.2, -0.15) is 0 Å². The Hall–Kier alpha value is -1.77. The smallest absolute Gasteiger partial charge is 0.159 e. The summed E-state index contributed by atoms with van der Waals surface area (Å²) >= 11 is 0. The fraction of sp³-hybridized carbons (Fsp3) is 0.500. The summed E-state index contributed by atoms with van der Waals surface area (Å²) in [5.74, 6) is 1.29. The summed E-state index contributed by atoms with van der Waals surface area (Å²) in [4.78, 5) is 8.99. The standard InChI is InChI=1S/C20H25FN2/c1-2-3-4-15-13-22-20(23-14-15)18-7-5-16(6-8-18)17-9-11-19(21)12-10-17/h5-8,13-14,17,19H,2-4,9-12H2,1H3. The number of unbranched alkanes of at least 4 members (excludes halogenated alkanes) is 1. The van der Waals surface area contributed by atoms with E-state index in [0.717, 1.165) is 30.7 Å². The Kier molecular flexibility index (Phi) is 5.37. The van der Waals surface area contributed by atoms with Gasteiger partial charge in [0.1, 0.15) is 6.17 Å². The minimum absolute atomic E-state index is 0.508. The summed E-state index contributed by atoms with van der Waals surface area (Å²) in [6, 6.07) is 8.51. The van der Waals surface area contributed by atoms with Crippen LogP contribution in [0.3, 0.4) is 0 Å². The summed E-state index contributed by atoms with van der Waals surface area (Å²) in [5, 5.41) is 0. The van der Waals surface area contributed by atoms with E-state index in [2.05, 4.69) is 41.2 Å². The largest absolute Gasteiger partial charge is 0.247 e. The predicted octanol–water partition coefficient (Wildman–Crippen LogP) is 5.48. The molecule has 0 atom stereocenters. The molecule has 1 aliphatic carbocycles. The molecule has 0 N–H and O–H groups in total. The zero-order chi connectivity index (χ0) is 16.1. The highest BCUT2D eigenvalue weighted by atomic mass is 19.1. The Bertz CT molecular complexity index is 599. The molecule has 0 bridgehead atoms. The van der Waals surface area contributed by atoms with Crippen molar-refractivity contribution in [3.05, 3.63) is 47.8 Å². The zero-order valence-corrected chi connectivity index (χ0v) is 13.8. The normalized spacial score (nSPS) is 21.3. The van der Waals surface area contributed by atoms with Gasteiger partial charge in [0.2, 0.25) is 0 Å². The molecule has 1 saturated carbocycles. The maximum Gasteiger partial charge on any atom is 0.159 e. The Labute approximate surface area is 138 Å². The van der Waals surface area contributed by atoms with Gasteiger partial charge in [0.15, 0.2) is 5.82 Å². The monoisotopic (exact) mass is 312 g/mol. The van der Waals surface area contributed by atoms with Crippen molar-refractivity contribution in [2.24, 2.45) is 0 Å². The van der Waals surface area contributed by atoms with Crippen LogP contribution in [-0.4, -0.2) is 16.1 Å². The van der Waals surface area contributed by atoms with Crippen molar-refractivity contribution in [1.82, 2.24) is 9.97 Å². The molecular weight excluding hydrogens is 287 g/mol. The maximum absolute atomic E-state index is 13.3. The van der Waals surface area contributed by atoms with Crippen LogP contribution in [0.2, 0.25) is 0 Å². The number of rotatable bonds is 5. The summed E-state index contributed by atoms with van der Waals surface area (Å²) < 4.78 is 13.3. The van der Waals surface area contributed by atoms with Gasteiger partial charge < -0.3 is 0 Å². The van der Waals surface area contributed by atoms with Crippen LogP contribution in [0.15, 0.2) is 36.7 Å². The molecule has 0 radical (unpaired) electrons. The predicted molar refractivity (Wildman–Crippen MR) is 92.2 cm³/mol. The molecule has 2 aromatic rings. The van der Waals surface area contributed by atoms with Gasteiger partial charge in [-0.25, -0.2) is 14.4 Å². The SMILES string of the molecule is CCCCc1cnc(-c2ccc(C3CCC(F)CC3)cc2)nc1. The van der Waals surface area contributed by atoms with E-state index in [1.165, 1.54) is 24.0 Å². The third-order valence-corrected chi connectivity index (χ3v) is 4.82. The van der Waals surface area contributed by atoms with Crippen LogP contribution in [0.1, 0.15) is 62.5 Å². The first-order valence-electron chi connectivity index (χ1n) is 8.81. The number of nitrogens with zero attached hydrogens (tertiary/aromatic N) is 2. The fourth-order valence-electron chi connectivity index (χ4n) is 3.30. The molecule has 23 heavy (non-hydrogen) atoms. The van der Waals surface area contributed by atoms with Crippen LogP contribution < -0.4 is 0 Å². The van der Waals surface area contributed by atoms with Gasteiger partial charge in [-0.3, -0.25) is 0 Å². The van der Waals surface area contributed by atoms with Crippen molar-refractivity contribution < 1.29 is 4.39 Å². The number of aromatic nitrogens is 2. The summed E-state index contributed by atoms with van der Waals surface area (Å²) in [6.07, 6.45) is 10.0. The number of hydrogen-bond acceptors (Lipinski definition) is 2. The molecule has 1 aliphatic rings. The lowest BCUT2D eigenvalue weighted by Gasteiger charge is -2.24. The van der Waals surface area contributed by atoms with Gasteiger partial charge >= 0.3 is 0 Å². The maximum atomic E-state index is 13.3. The molecule has 1 aromatic carbocycles. The third kappa shape index (κ3) is 4.15. The lowest BCUT2D eigenvalue weighted by molar-refractivity contribution is 0.235. The van der Waals surface area contributed by atoms with E-state index in [1.54, 1.807) is 0 Å². The minimum atomic E-state index is -0.592. The summed E-state index contributed by atoms with van der Waals surface area (Å²) in [5.41, 5.74) is 3.57. The fourth-order valence-corrected chi connectivity index (χ4v) is 3.30. The number of halogens is 1. The van der Waals surface area contributed by atoms with Crippen molar-refractivity contribution in [1.29, 1.82) is 0 Å². The number of benzene rings is 1. The Morgan fingerprint density at radius 3 is 2.26 bits per heavy atom. The number of hydrogen-bond donors (Lipinski definition) is 0. The highest BCUT2D eigenvalue weighted by Crippen LogP contribution is 2.34. The lowest BCUT2D eigenvalue weighted by atomic mass is 9.83. The number of aryl methyl sites for hydroxylation is 1. The van der Waals surface area contributed by atoms with E-state index in [4.69, 9.17) is 0 Å². The number of alkyl halides is 1. The van der Waals surface area contributed by atoms with Gasteiger partial charge in [0.05, 0.1) is 0 Å². The van der Waals surface area contributed by atoms with Crippen molar-refractivity contribution in [3.63, 3.8) is 0 Å². The highest BCUT2D eigenvalue weighted by molar-refractivity contribution is 5.55. The topological polar surface area (TPSA) is 25.8 Å². The van der Waals surface area contributed by atoms with Crippen molar-refractivity contribution in [2.75, 3.05) is 0 Å². The van der Waals surface area contributed by atoms with Gasteiger partial charge in [0, 0.05) is 18.0 Å². The average Bonchev–Trinajstić information content (AvgIpc) is 2.61. The Morgan fingerprint density at radius 2 is 1.65 bits per heavy atom. The average molecular weight is 312 g/mol. The van der Waals surface area contributed by atoms with Gasteiger partial charge in [0.25, 0.3) is 0 Å². The Balaban J connectivity index is 1.67. The molecular formula is C20H25FN2. The van der Waals surface area contributed by atoms with Crippen molar-refractivity contribution in [3.8, 4) is 11.4 Å². The van der Waals surface area contributed by atoms with Crippen LogP contribution in [-0.2, 0) is 6.42 Å². The highest BCUT2D eigenvalue weighted by Gasteiger charge is 2.21. The molecule has 3 heteroatoms. The van der Waals surface area contributed by atoms with Crippen LogP contribution in [0.25, 0.3) is 11.4 Å². The van der Waals surface area contributed by atoms with Crippen LogP contribution in [0, 0.1) is 0 Å². The molecule has 0 spiro atoms. The first-order chi connectivity index (χ1) is 11.3. The van der Waals surface area contributed by atoms with Crippen LogP contribution in [0.5, 0.6) is 0 Å². The second kappa shape index (κ2) is 7.67. The van der Waals surface area contributed by atoms with Gasteiger partial charge in [-0.1, -0.05) is 37.6 Å². The molecule has 0 unspecified atom stereocenters. The van der Waals surface area contributed by atoms with E-state index in [-0.39, 0.29) is 0 Å². The minimum Gasteiger partial charge on any atom is -0.247 e. The molecule has 3 rings (SSSR count).